The molecule has 0 saturated heterocycles. The summed E-state index contributed by atoms with van der Waals surface area (Å²) in [4.78, 5) is 37.6. The lowest BCUT2D eigenvalue weighted by molar-refractivity contribution is -0.870. The van der Waals surface area contributed by atoms with Crippen LogP contribution in [0.15, 0.2) is 85.1 Å². The highest BCUT2D eigenvalue weighted by molar-refractivity contribution is 7.45. The van der Waals surface area contributed by atoms with Crippen LogP contribution in [-0.4, -0.2) is 70.0 Å². The molecule has 0 bridgehead atoms. The molecule has 0 spiro atoms. The number of ether oxygens (including phenoxy) is 2. The van der Waals surface area contributed by atoms with Crippen LogP contribution in [0.4, 0.5) is 0 Å². The van der Waals surface area contributed by atoms with Crippen LogP contribution in [0.1, 0.15) is 181 Å². The van der Waals surface area contributed by atoms with E-state index in [1.165, 1.54) is 77.0 Å². The molecule has 2 atom stereocenters. The van der Waals surface area contributed by atoms with Gasteiger partial charge in [-0.25, -0.2) is 0 Å². The monoisotopic (exact) mass is 888 g/mol. The molecule has 0 aromatic rings. The molecule has 0 heterocycles. The number of hydrogen-bond donors (Lipinski definition) is 0. The molecule has 0 aromatic heterocycles. The predicted molar refractivity (Wildman–Crippen MR) is 259 cm³/mol. The lowest BCUT2D eigenvalue weighted by atomic mass is 10.1. The first-order valence-corrected chi connectivity index (χ1v) is 25.8. The number of carbonyl (C=O) groups is 2. The highest BCUT2D eigenvalue weighted by Gasteiger charge is 2.21. The van der Waals surface area contributed by atoms with Gasteiger partial charge in [0, 0.05) is 12.8 Å². The quantitative estimate of drug-likeness (QED) is 0.0196. The summed E-state index contributed by atoms with van der Waals surface area (Å²) in [5.74, 6) is -0.931. The minimum atomic E-state index is -4.65. The van der Waals surface area contributed by atoms with Crippen molar-refractivity contribution in [1.29, 1.82) is 0 Å². The zero-order valence-corrected chi connectivity index (χ0v) is 40.9. The van der Waals surface area contributed by atoms with Gasteiger partial charge in [0.1, 0.15) is 19.8 Å². The number of rotatable bonds is 43. The maximum absolute atomic E-state index is 12.7. The summed E-state index contributed by atoms with van der Waals surface area (Å²) >= 11 is 0. The predicted octanol–water partition coefficient (Wildman–Crippen LogP) is 13.7. The molecular formula is C52H90NO8P. The van der Waals surface area contributed by atoms with E-state index in [2.05, 4.69) is 92.8 Å². The molecule has 10 heteroatoms. The minimum Gasteiger partial charge on any atom is -0.756 e. The molecule has 0 rings (SSSR count). The van der Waals surface area contributed by atoms with Gasteiger partial charge >= 0.3 is 11.9 Å². The first kappa shape index (κ1) is 59.2. The van der Waals surface area contributed by atoms with E-state index in [9.17, 15) is 19.0 Å². The van der Waals surface area contributed by atoms with Crippen LogP contribution < -0.4 is 4.89 Å². The molecule has 0 N–H and O–H groups in total. The lowest BCUT2D eigenvalue weighted by Crippen LogP contribution is -2.37. The SMILES string of the molecule is CCCCC/C=C/C/C=C/C/C=C/CCCCCCC(=O)OC[C@H](COP(=O)([O-])OCC[N+](C)(C)C)OC(=O)CCC/C=C/C/C=C/C/C=C/C/C=C/CCCCCCCCC. The van der Waals surface area contributed by atoms with Crippen LogP contribution in [-0.2, 0) is 32.7 Å². The van der Waals surface area contributed by atoms with Gasteiger partial charge in [-0.15, -0.1) is 0 Å². The molecule has 9 nitrogen and oxygen atoms in total. The van der Waals surface area contributed by atoms with E-state index in [0.29, 0.717) is 30.3 Å². The second-order valence-corrected chi connectivity index (χ2v) is 18.5. The van der Waals surface area contributed by atoms with Crippen molar-refractivity contribution in [2.24, 2.45) is 0 Å². The van der Waals surface area contributed by atoms with Gasteiger partial charge in [-0.2, -0.15) is 0 Å². The molecule has 0 aliphatic carbocycles. The summed E-state index contributed by atoms with van der Waals surface area (Å²) in [6, 6.07) is 0. The Kier molecular flexibility index (Phi) is 41.5. The van der Waals surface area contributed by atoms with E-state index < -0.39 is 32.5 Å². The highest BCUT2D eigenvalue weighted by Crippen LogP contribution is 2.38. The Balaban J connectivity index is 4.46. The number of phosphoric ester groups is 1. The Hall–Kier alpha value is -2.81. The number of allylic oxidation sites excluding steroid dienone is 14. The summed E-state index contributed by atoms with van der Waals surface area (Å²) in [6.07, 6.45) is 56.2. The molecule has 0 amide bonds. The number of carbonyl (C=O) groups excluding carboxylic acids is 2. The van der Waals surface area contributed by atoms with Crippen LogP contribution >= 0.6 is 7.82 Å². The van der Waals surface area contributed by atoms with Gasteiger partial charge in [-0.3, -0.25) is 14.2 Å². The van der Waals surface area contributed by atoms with Crippen LogP contribution in [0.5, 0.6) is 0 Å². The third kappa shape index (κ3) is 46.7. The van der Waals surface area contributed by atoms with Gasteiger partial charge in [0.15, 0.2) is 6.10 Å². The number of esters is 2. The maximum atomic E-state index is 12.7. The van der Waals surface area contributed by atoms with Crippen LogP contribution in [0.2, 0.25) is 0 Å². The van der Waals surface area contributed by atoms with E-state index in [1.54, 1.807) is 0 Å². The maximum Gasteiger partial charge on any atom is 0.306 e. The Morgan fingerprint density at radius 2 is 0.887 bits per heavy atom. The van der Waals surface area contributed by atoms with Crippen molar-refractivity contribution in [2.45, 2.75) is 187 Å². The second kappa shape index (κ2) is 43.4. The summed E-state index contributed by atoms with van der Waals surface area (Å²) in [5.41, 5.74) is 0. The molecule has 1 unspecified atom stereocenters. The van der Waals surface area contributed by atoms with E-state index in [1.807, 2.05) is 27.2 Å². The number of nitrogens with zero attached hydrogens (tertiary/aromatic N) is 1. The number of likely N-dealkylation sites (N-methyl/N-ethyl adjacent to an activating group) is 1. The van der Waals surface area contributed by atoms with Crippen molar-refractivity contribution in [1.82, 2.24) is 0 Å². The largest absolute Gasteiger partial charge is 0.756 e. The van der Waals surface area contributed by atoms with Gasteiger partial charge in [0.25, 0.3) is 7.82 Å². The van der Waals surface area contributed by atoms with Crippen LogP contribution in [0.3, 0.4) is 0 Å². The zero-order chi connectivity index (χ0) is 45.7. The average molecular weight is 888 g/mol. The van der Waals surface area contributed by atoms with Gasteiger partial charge in [0.2, 0.25) is 0 Å². The topological polar surface area (TPSA) is 111 Å². The Morgan fingerprint density at radius 3 is 1.37 bits per heavy atom. The molecule has 0 aromatic carbocycles. The van der Waals surface area contributed by atoms with Crippen molar-refractivity contribution in [3.05, 3.63) is 85.1 Å². The van der Waals surface area contributed by atoms with Crippen molar-refractivity contribution in [3.8, 4) is 0 Å². The minimum absolute atomic E-state index is 0.0492. The highest BCUT2D eigenvalue weighted by atomic mass is 31.2. The molecule has 356 valence electrons. The summed E-state index contributed by atoms with van der Waals surface area (Å²) in [5, 5.41) is 0. The molecule has 0 radical (unpaired) electrons. The number of unbranched alkanes of at least 4 members (excludes halogenated alkanes) is 15. The first-order valence-electron chi connectivity index (χ1n) is 24.3. The lowest BCUT2D eigenvalue weighted by Gasteiger charge is -2.28. The summed E-state index contributed by atoms with van der Waals surface area (Å²) < 4.78 is 33.9. The van der Waals surface area contributed by atoms with Crippen molar-refractivity contribution >= 4 is 19.8 Å². The summed E-state index contributed by atoms with van der Waals surface area (Å²) in [7, 11) is 1.11. The van der Waals surface area contributed by atoms with Crippen molar-refractivity contribution in [3.63, 3.8) is 0 Å². The molecule has 0 aliphatic rings. The number of phosphoric acid groups is 1. The molecule has 0 fully saturated rings. The standard InChI is InChI=1S/C52H90NO8P/c1-6-8-10-12-14-16-18-20-22-24-25-26-27-29-31-33-35-37-39-41-43-45-52(55)61-50(49-60-62(56,57)59-47-46-53(3,4)5)48-58-51(54)44-42-40-38-36-34-32-30-28-23-21-19-17-15-13-11-9-7-2/h15,17,21-24,26-27,30-33,37,39,50H,6-14,16,18-20,25,28-29,34-36,38,40-49H2,1-5H3/b17-15+,23-21+,24-22+,27-26+,32-30+,33-31+,39-37+/t50-/m1/s1. The van der Waals surface area contributed by atoms with Gasteiger partial charge < -0.3 is 27.9 Å². The fraction of sp³-hybridized carbons (Fsp3) is 0.692. The van der Waals surface area contributed by atoms with Crippen molar-refractivity contribution < 1.29 is 42.1 Å². The van der Waals surface area contributed by atoms with E-state index in [-0.39, 0.29) is 26.1 Å². The summed E-state index contributed by atoms with van der Waals surface area (Å²) in [6.45, 7) is 4.10. The van der Waals surface area contributed by atoms with Crippen LogP contribution in [0.25, 0.3) is 0 Å². The molecular weight excluding hydrogens is 798 g/mol. The fourth-order valence-electron chi connectivity index (χ4n) is 6.06. The molecule has 0 saturated carbocycles. The number of hydrogen-bond acceptors (Lipinski definition) is 8. The van der Waals surface area contributed by atoms with Gasteiger partial charge in [-0.1, -0.05) is 163 Å². The smallest absolute Gasteiger partial charge is 0.306 e. The average Bonchev–Trinajstić information content (AvgIpc) is 3.23. The second-order valence-electron chi connectivity index (χ2n) is 17.1. The van der Waals surface area contributed by atoms with E-state index in [0.717, 1.165) is 57.8 Å². The fourth-order valence-corrected chi connectivity index (χ4v) is 6.79. The Bertz CT molecular complexity index is 1330. The first-order chi connectivity index (χ1) is 30.0. The van der Waals surface area contributed by atoms with Crippen molar-refractivity contribution in [2.75, 3.05) is 47.5 Å². The molecule has 62 heavy (non-hydrogen) atoms. The molecule has 0 aliphatic heterocycles. The Labute approximate surface area is 380 Å². The Morgan fingerprint density at radius 1 is 0.500 bits per heavy atom. The number of quaternary nitrogens is 1. The zero-order valence-electron chi connectivity index (χ0n) is 40.0. The van der Waals surface area contributed by atoms with Gasteiger partial charge in [-0.05, 0) is 89.9 Å². The van der Waals surface area contributed by atoms with E-state index >= 15 is 0 Å². The van der Waals surface area contributed by atoms with Crippen LogP contribution in [0, 0.1) is 0 Å². The normalized spacial score (nSPS) is 14.2. The third-order valence-corrected chi connectivity index (χ3v) is 10.9. The van der Waals surface area contributed by atoms with E-state index in [4.69, 9.17) is 18.5 Å². The third-order valence-electron chi connectivity index (χ3n) is 9.89. The van der Waals surface area contributed by atoms with Gasteiger partial charge in [0.05, 0.1) is 27.7 Å².